The average molecular weight is 323 g/mol. The van der Waals surface area contributed by atoms with Crippen LogP contribution in [-0.2, 0) is 6.54 Å². The zero-order valence-electron chi connectivity index (χ0n) is 13.5. The summed E-state index contributed by atoms with van der Waals surface area (Å²) >= 11 is 0. The van der Waals surface area contributed by atoms with Crippen molar-refractivity contribution in [3.8, 4) is 11.5 Å². The van der Waals surface area contributed by atoms with Gasteiger partial charge in [-0.15, -0.1) is 0 Å². The number of nitrogens with zero attached hydrogens (tertiary/aromatic N) is 1. The molecular formula is C20H21NO3. The number of likely N-dealkylation sites (tertiary alicyclic amines) is 1. The second kappa shape index (κ2) is 6.21. The Hall–Kier alpha value is -2.46. The lowest BCUT2D eigenvalue weighted by atomic mass is 9.90. The van der Waals surface area contributed by atoms with E-state index in [1.807, 2.05) is 18.2 Å². The molecule has 4 heteroatoms. The molecule has 0 saturated carbocycles. The quantitative estimate of drug-likeness (QED) is 0.757. The minimum Gasteiger partial charge on any atom is -0.508 e. The molecule has 0 amide bonds. The van der Waals surface area contributed by atoms with Gasteiger partial charge in [-0.1, -0.05) is 12.1 Å². The van der Waals surface area contributed by atoms with E-state index in [-0.39, 0.29) is 5.75 Å². The summed E-state index contributed by atoms with van der Waals surface area (Å²) in [4.78, 5) is 2.40. The van der Waals surface area contributed by atoms with Crippen molar-refractivity contribution in [3.63, 3.8) is 0 Å². The van der Waals surface area contributed by atoms with Crippen LogP contribution in [0.25, 0.3) is 11.0 Å². The summed E-state index contributed by atoms with van der Waals surface area (Å²) in [5.74, 6) is 1.96. The first-order valence-corrected chi connectivity index (χ1v) is 8.40. The van der Waals surface area contributed by atoms with Gasteiger partial charge in [-0.05, 0) is 67.3 Å². The van der Waals surface area contributed by atoms with Crippen molar-refractivity contribution in [2.75, 3.05) is 13.1 Å². The number of benzene rings is 2. The molecule has 0 aliphatic carbocycles. The molecule has 1 saturated heterocycles. The molecule has 4 rings (SSSR count). The number of hydrogen-bond donors (Lipinski definition) is 2. The standard InChI is InChI=1S/C20H21NO3/c22-17-5-1-3-14(9-17)15-4-2-8-21(12-15)13-19-11-16-10-18(23)6-7-20(16)24-19/h1,3,5-7,9-11,15,22-23H,2,4,8,12-13H2. The lowest BCUT2D eigenvalue weighted by Crippen LogP contribution is -2.33. The summed E-state index contributed by atoms with van der Waals surface area (Å²) in [6.45, 7) is 2.79. The third-order valence-electron chi connectivity index (χ3n) is 4.78. The number of piperidine rings is 1. The van der Waals surface area contributed by atoms with E-state index in [1.54, 1.807) is 24.3 Å². The SMILES string of the molecule is Oc1cccc(C2CCCN(Cc3cc4cc(O)ccc4o3)C2)c1. The van der Waals surface area contributed by atoms with Gasteiger partial charge in [0.1, 0.15) is 22.8 Å². The van der Waals surface area contributed by atoms with Gasteiger partial charge in [0, 0.05) is 11.9 Å². The molecule has 2 aromatic carbocycles. The van der Waals surface area contributed by atoms with Crippen LogP contribution in [0, 0.1) is 0 Å². The first kappa shape index (κ1) is 15.1. The molecule has 0 radical (unpaired) electrons. The molecule has 1 aliphatic heterocycles. The van der Waals surface area contributed by atoms with Crippen LogP contribution < -0.4 is 0 Å². The van der Waals surface area contributed by atoms with Crippen molar-refractivity contribution < 1.29 is 14.6 Å². The van der Waals surface area contributed by atoms with Gasteiger partial charge in [0.05, 0.1) is 6.54 Å². The topological polar surface area (TPSA) is 56.8 Å². The minimum absolute atomic E-state index is 0.261. The Labute approximate surface area is 140 Å². The molecule has 2 N–H and O–H groups in total. The molecule has 1 aromatic heterocycles. The fourth-order valence-electron chi connectivity index (χ4n) is 3.63. The third kappa shape index (κ3) is 3.10. The smallest absolute Gasteiger partial charge is 0.134 e. The van der Waals surface area contributed by atoms with Crippen molar-refractivity contribution in [2.24, 2.45) is 0 Å². The highest BCUT2D eigenvalue weighted by Crippen LogP contribution is 2.30. The van der Waals surface area contributed by atoms with E-state index in [0.29, 0.717) is 11.7 Å². The summed E-state index contributed by atoms with van der Waals surface area (Å²) < 4.78 is 5.89. The Morgan fingerprint density at radius 1 is 1.04 bits per heavy atom. The summed E-state index contributed by atoms with van der Waals surface area (Å²) in [6, 6.07) is 14.8. The van der Waals surface area contributed by atoms with Gasteiger partial charge in [-0.2, -0.15) is 0 Å². The number of hydrogen-bond acceptors (Lipinski definition) is 4. The molecule has 0 spiro atoms. The lowest BCUT2D eigenvalue weighted by Gasteiger charge is -2.32. The number of fused-ring (bicyclic) bond motifs is 1. The van der Waals surface area contributed by atoms with Gasteiger partial charge in [0.25, 0.3) is 0 Å². The fourth-order valence-corrected chi connectivity index (χ4v) is 3.63. The normalized spacial score (nSPS) is 18.9. The maximum absolute atomic E-state index is 9.70. The first-order chi connectivity index (χ1) is 11.7. The van der Waals surface area contributed by atoms with Crippen LogP contribution in [0.5, 0.6) is 11.5 Å². The van der Waals surface area contributed by atoms with Crippen LogP contribution in [0.15, 0.2) is 52.9 Å². The molecule has 1 unspecified atom stereocenters. The van der Waals surface area contributed by atoms with Crippen LogP contribution in [0.1, 0.15) is 30.1 Å². The third-order valence-corrected chi connectivity index (χ3v) is 4.78. The highest BCUT2D eigenvalue weighted by atomic mass is 16.3. The van der Waals surface area contributed by atoms with Gasteiger partial charge >= 0.3 is 0 Å². The van der Waals surface area contributed by atoms with Gasteiger partial charge in [-0.3, -0.25) is 4.90 Å². The second-order valence-corrected chi connectivity index (χ2v) is 6.60. The van der Waals surface area contributed by atoms with E-state index in [2.05, 4.69) is 11.0 Å². The summed E-state index contributed by atoms with van der Waals surface area (Å²) in [6.07, 6.45) is 2.29. The van der Waals surface area contributed by atoms with Gasteiger partial charge in [0.15, 0.2) is 0 Å². The van der Waals surface area contributed by atoms with E-state index >= 15 is 0 Å². The maximum atomic E-state index is 9.70. The van der Waals surface area contributed by atoms with Crippen molar-refractivity contribution >= 4 is 11.0 Å². The first-order valence-electron chi connectivity index (χ1n) is 8.40. The average Bonchev–Trinajstić information content (AvgIpc) is 2.96. The van der Waals surface area contributed by atoms with Crippen molar-refractivity contribution in [1.29, 1.82) is 0 Å². The molecule has 1 fully saturated rings. The van der Waals surface area contributed by atoms with E-state index in [1.165, 1.54) is 5.56 Å². The highest BCUT2D eigenvalue weighted by molar-refractivity contribution is 5.79. The zero-order chi connectivity index (χ0) is 16.5. The Morgan fingerprint density at radius 2 is 1.92 bits per heavy atom. The molecule has 24 heavy (non-hydrogen) atoms. The Morgan fingerprint density at radius 3 is 2.79 bits per heavy atom. The Bertz CT molecular complexity index is 855. The Kier molecular flexibility index (Phi) is 3.90. The van der Waals surface area contributed by atoms with Crippen LogP contribution in [0.4, 0.5) is 0 Å². The number of furan rings is 1. The predicted molar refractivity (Wildman–Crippen MR) is 93.2 cm³/mol. The van der Waals surface area contributed by atoms with E-state index in [4.69, 9.17) is 4.42 Å². The van der Waals surface area contributed by atoms with Crippen molar-refractivity contribution in [1.82, 2.24) is 4.90 Å². The molecule has 124 valence electrons. The van der Waals surface area contributed by atoms with Gasteiger partial charge in [-0.25, -0.2) is 0 Å². The summed E-state index contributed by atoms with van der Waals surface area (Å²) in [7, 11) is 0. The molecular weight excluding hydrogens is 302 g/mol. The number of phenols is 2. The number of aromatic hydroxyl groups is 2. The van der Waals surface area contributed by atoms with Crippen molar-refractivity contribution in [3.05, 3.63) is 59.9 Å². The lowest BCUT2D eigenvalue weighted by molar-refractivity contribution is 0.188. The summed E-state index contributed by atoms with van der Waals surface area (Å²) in [5, 5.41) is 20.2. The molecule has 3 aromatic rings. The van der Waals surface area contributed by atoms with Crippen LogP contribution in [-0.4, -0.2) is 28.2 Å². The monoisotopic (exact) mass is 323 g/mol. The van der Waals surface area contributed by atoms with Crippen LogP contribution >= 0.6 is 0 Å². The number of rotatable bonds is 3. The van der Waals surface area contributed by atoms with E-state index < -0.39 is 0 Å². The predicted octanol–water partition coefficient (Wildman–Crippen LogP) is 4.22. The molecule has 0 bridgehead atoms. The largest absolute Gasteiger partial charge is 0.508 e. The Balaban J connectivity index is 1.49. The fraction of sp³-hybridized carbons (Fsp3) is 0.300. The molecule has 2 heterocycles. The number of phenolic OH excluding ortho intramolecular Hbond substituents is 2. The molecule has 1 atom stereocenters. The second-order valence-electron chi connectivity index (χ2n) is 6.60. The van der Waals surface area contributed by atoms with Crippen LogP contribution in [0.3, 0.4) is 0 Å². The van der Waals surface area contributed by atoms with Crippen LogP contribution in [0.2, 0.25) is 0 Å². The van der Waals surface area contributed by atoms with Crippen molar-refractivity contribution in [2.45, 2.75) is 25.3 Å². The van der Waals surface area contributed by atoms with Gasteiger partial charge < -0.3 is 14.6 Å². The minimum atomic E-state index is 0.261. The molecule has 4 nitrogen and oxygen atoms in total. The maximum Gasteiger partial charge on any atom is 0.134 e. The molecule has 1 aliphatic rings. The summed E-state index contributed by atoms with van der Waals surface area (Å²) in [5.41, 5.74) is 2.01. The van der Waals surface area contributed by atoms with E-state index in [9.17, 15) is 10.2 Å². The van der Waals surface area contributed by atoms with E-state index in [0.717, 1.165) is 49.2 Å². The zero-order valence-corrected chi connectivity index (χ0v) is 13.5. The van der Waals surface area contributed by atoms with Gasteiger partial charge in [0.2, 0.25) is 0 Å². The highest BCUT2D eigenvalue weighted by Gasteiger charge is 2.22.